The van der Waals surface area contributed by atoms with Gasteiger partial charge in [-0.25, -0.2) is 18.6 Å². The number of Topliss-reactive ketones (excluding diaryl/α,β-unsaturated/α-hetero) is 1. The second kappa shape index (κ2) is 36.3. The summed E-state index contributed by atoms with van der Waals surface area (Å²) in [6.07, 6.45) is 22.7. The van der Waals surface area contributed by atoms with Crippen LogP contribution in [0.4, 0.5) is 23.1 Å². The molecular weight excluding hydrogens is 1450 g/mol. The van der Waals surface area contributed by atoms with Crippen LogP contribution in [0.3, 0.4) is 0 Å². The van der Waals surface area contributed by atoms with Gasteiger partial charge in [0.25, 0.3) is 5.91 Å². The minimum atomic E-state index is -3.36. The lowest BCUT2D eigenvalue weighted by atomic mass is 9.68. The largest absolute Gasteiger partial charge is 0.490 e. The summed E-state index contributed by atoms with van der Waals surface area (Å²) in [5.41, 5.74) is 5.12. The van der Waals surface area contributed by atoms with Gasteiger partial charge in [0.2, 0.25) is 0 Å². The van der Waals surface area contributed by atoms with Crippen LogP contribution in [0.1, 0.15) is 154 Å². The number of piperidine rings is 3. The zero-order chi connectivity index (χ0) is 75.3. The Hall–Kier alpha value is -7.67. The number of anilines is 4. The molecule has 27 nitrogen and oxygen atoms in total. The van der Waals surface area contributed by atoms with Gasteiger partial charge in [-0.3, -0.25) is 28.3 Å². The van der Waals surface area contributed by atoms with Gasteiger partial charge in [-0.15, -0.1) is 0 Å². The number of nitrogens with zero attached hydrogens (tertiary/aromatic N) is 13. The maximum atomic E-state index is 15.1. The number of aromatic nitrogens is 8. The Morgan fingerprint density at radius 2 is 1.21 bits per heavy atom. The van der Waals surface area contributed by atoms with E-state index in [9.17, 15) is 24.0 Å². The molecule has 30 heteroatoms. The van der Waals surface area contributed by atoms with Gasteiger partial charge >= 0.3 is 17.9 Å². The predicted octanol–water partition coefficient (Wildman–Crippen LogP) is 10.6. The monoisotopic (exact) mass is 1560 g/mol. The molecule has 0 unspecified atom stereocenters. The Bertz CT molecular complexity index is 4160. The maximum Gasteiger partial charge on any atom is 0.343 e. The Kier molecular flexibility index (Phi) is 27.6. The van der Waals surface area contributed by atoms with Crippen molar-refractivity contribution in [3.8, 4) is 5.75 Å². The molecule has 6 aromatic rings. The van der Waals surface area contributed by atoms with Crippen molar-refractivity contribution in [2.45, 2.75) is 128 Å². The molecule has 1 spiro atoms. The standard InChI is InChI=1S/C44H56ClN5O6S.C13H21N3O3.C11H17N3O3.C7H9BrN2O2/c1-29-7-5-9-40(55-4)35-13-10-32(35)23-50-27-44(18-6-8-30-21-33(45)12-14-37(30)44)28-56-41-15-11-31(22-38(41)50)43(52)47-57(53,25-29)26-39(51)36-24-48(2)46-42(36)49-19-16-34(54-3)17-20-49;1-4-19-13(17)11-9-15(2)14-12(11)16-7-5-10(18-3)6-8-16;1-13-7-9(11(15)16)10(12-13)14-5-3-8(17-2)4-6-14;1-3-12-7(11)5-4-10(2)9-6(5)8/h5,9,11-12,14-15,21-22,24,29,32,34-35,40H,6-8,10,13,16-20,23,25-28H2,1-4H3;9-10H,4-8H2,1-3H3;7-8H,3-6H2,1-2H3,(H,15,16);4H,3H2,1-2H3/b9-5+;;;/t29-,32-,35+,40-,44-,57+;;;/m0.../s1. The number of hydrogen-bond acceptors (Lipinski definition) is 21. The lowest BCUT2D eigenvalue weighted by molar-refractivity contribution is 0.0131. The van der Waals surface area contributed by atoms with E-state index in [0.29, 0.717) is 102 Å². The number of benzene rings is 2. The van der Waals surface area contributed by atoms with E-state index < -0.39 is 21.6 Å². The van der Waals surface area contributed by atoms with Gasteiger partial charge in [0.05, 0.1) is 71.0 Å². The molecule has 7 aliphatic rings. The van der Waals surface area contributed by atoms with Crippen molar-refractivity contribution in [1.29, 1.82) is 0 Å². The molecule has 1 saturated carbocycles. The fraction of sp³-hybridized carbons (Fsp3) is 0.587. The van der Waals surface area contributed by atoms with Crippen LogP contribution in [-0.2, 0) is 78.2 Å². The molecule has 1 amide bonds. The first-order valence-corrected chi connectivity index (χ1v) is 39.4. The number of ether oxygens (including phenoxy) is 7. The van der Waals surface area contributed by atoms with Crippen LogP contribution in [-0.4, -0.2) is 215 Å². The molecule has 4 fully saturated rings. The molecule has 2 aliphatic carbocycles. The third-order valence-electron chi connectivity index (χ3n) is 20.9. The van der Waals surface area contributed by atoms with Crippen molar-refractivity contribution < 1.29 is 66.4 Å². The second-order valence-corrected chi connectivity index (χ2v) is 31.8. The highest BCUT2D eigenvalue weighted by Crippen LogP contribution is 2.47. The zero-order valence-electron chi connectivity index (χ0n) is 62.4. The first-order chi connectivity index (χ1) is 50.4. The Morgan fingerprint density at radius 1 is 0.676 bits per heavy atom. The number of allylic oxidation sites excluding steroid dienone is 1. The summed E-state index contributed by atoms with van der Waals surface area (Å²) >= 11 is 9.65. The smallest absolute Gasteiger partial charge is 0.343 e. The summed E-state index contributed by atoms with van der Waals surface area (Å²) in [5, 5.41) is 27.1. The van der Waals surface area contributed by atoms with Crippen LogP contribution in [0.2, 0.25) is 5.02 Å². The average molecular weight is 1560 g/mol. The van der Waals surface area contributed by atoms with E-state index in [-0.39, 0.29) is 64.4 Å². The first kappa shape index (κ1) is 79.9. The van der Waals surface area contributed by atoms with Crippen molar-refractivity contribution in [2.24, 2.45) is 50.3 Å². The van der Waals surface area contributed by atoms with E-state index in [1.807, 2.05) is 37.1 Å². The quantitative estimate of drug-likeness (QED) is 0.0568. The average Bonchev–Trinajstić information content (AvgIpc) is 1.74. The number of halogens is 2. The number of methoxy groups -OCH3 is 4. The van der Waals surface area contributed by atoms with Crippen LogP contribution in [0, 0.1) is 17.8 Å². The Morgan fingerprint density at radius 3 is 1.73 bits per heavy atom. The SMILES string of the molecule is CCOC(=O)c1cn(C)nc1Br.CCOC(=O)c1cn(C)nc1N1CCC(OC)CC1.COC1CCN(c2nn(C)cc2C(=O)C[S@@]2(=O)=NC(=O)c3ccc4c(c3)N(C[C@@H]3CC[C@H]3[C@@H](OC)/C=C/C[C@H](C)C2)C[C@@]2(CCCc3cc(Cl)ccc32)CO4)CC1.COC1CCN(c2nn(C)cc2C(=O)O)CC1. The minimum absolute atomic E-state index is 0.0560. The number of carbonyl (C=O) groups excluding carboxylic acids is 4. The lowest BCUT2D eigenvalue weighted by Crippen LogP contribution is -2.49. The summed E-state index contributed by atoms with van der Waals surface area (Å²) in [5.74, 6) is 0.403. The number of esters is 2. The highest BCUT2D eigenvalue weighted by Gasteiger charge is 2.45. The summed E-state index contributed by atoms with van der Waals surface area (Å²) in [6.45, 7) is 13.0. The Labute approximate surface area is 629 Å². The number of amides is 1. The van der Waals surface area contributed by atoms with Crippen LogP contribution in [0.25, 0.3) is 0 Å². The van der Waals surface area contributed by atoms with Crippen LogP contribution in [0.5, 0.6) is 5.75 Å². The van der Waals surface area contributed by atoms with Gasteiger partial charge < -0.3 is 57.9 Å². The first-order valence-electron chi connectivity index (χ1n) is 36.4. The van der Waals surface area contributed by atoms with Crippen molar-refractivity contribution >= 4 is 90.0 Å². The molecule has 2 bridgehead atoms. The maximum absolute atomic E-state index is 15.1. The topological polar surface area (TPSA) is 284 Å². The van der Waals surface area contributed by atoms with E-state index >= 15 is 4.21 Å². The zero-order valence-corrected chi connectivity index (χ0v) is 65.5. The van der Waals surface area contributed by atoms with Crippen molar-refractivity contribution in [3.63, 3.8) is 0 Å². The van der Waals surface area contributed by atoms with Crippen LogP contribution >= 0.6 is 27.5 Å². The normalized spacial score (nSPS) is 23.3. The third-order valence-corrected chi connectivity index (χ3v) is 24.0. The van der Waals surface area contributed by atoms with Gasteiger partial charge in [0.15, 0.2) is 23.2 Å². The van der Waals surface area contributed by atoms with Crippen LogP contribution < -0.4 is 24.3 Å². The molecule has 1 N–H and O–H groups in total. The van der Waals surface area contributed by atoms with E-state index in [1.54, 1.807) is 113 Å². The summed E-state index contributed by atoms with van der Waals surface area (Å²) in [4.78, 5) is 71.4. The molecular formula is C75H103BrClN13O14S. The number of fused-ring (bicyclic) bond motifs is 4. The Balaban J connectivity index is 0.000000197. The van der Waals surface area contributed by atoms with E-state index in [0.717, 1.165) is 126 Å². The summed E-state index contributed by atoms with van der Waals surface area (Å²) in [6, 6.07) is 11.7. The van der Waals surface area contributed by atoms with E-state index in [1.165, 1.54) is 11.1 Å². The number of carbonyl (C=O) groups is 5. The fourth-order valence-electron chi connectivity index (χ4n) is 15.3. The summed E-state index contributed by atoms with van der Waals surface area (Å²) in [7, 11) is 10.7. The van der Waals surface area contributed by atoms with Gasteiger partial charge in [-0.1, -0.05) is 36.7 Å². The van der Waals surface area contributed by atoms with Gasteiger partial charge in [0.1, 0.15) is 27.0 Å². The van der Waals surface area contributed by atoms with Crippen molar-refractivity contribution in [3.05, 3.63) is 122 Å². The summed E-state index contributed by atoms with van der Waals surface area (Å²) < 4.78 is 65.4. The van der Waals surface area contributed by atoms with E-state index in [2.05, 4.69) is 79.7 Å². The number of ketones is 1. The fourth-order valence-corrected chi connectivity index (χ4v) is 18.3. The molecule has 2 aromatic carbocycles. The van der Waals surface area contributed by atoms with Gasteiger partial charge in [0, 0.05) is 156 Å². The molecule has 105 heavy (non-hydrogen) atoms. The molecule has 6 atom stereocenters. The number of carboxylic acid groups (broad SMARTS) is 1. The number of aromatic carboxylic acids is 1. The molecule has 572 valence electrons. The molecule has 9 heterocycles. The number of rotatable bonds is 15. The molecule has 0 radical (unpaired) electrons. The lowest BCUT2D eigenvalue weighted by Gasteiger charge is -2.46. The van der Waals surface area contributed by atoms with Crippen LogP contribution in [0.15, 0.2) is 82.3 Å². The molecule has 3 saturated heterocycles. The minimum Gasteiger partial charge on any atom is -0.490 e. The van der Waals surface area contributed by atoms with Gasteiger partial charge in [-0.2, -0.15) is 24.8 Å². The molecule has 4 aromatic heterocycles. The number of aryl methyl sites for hydroxylation is 5. The van der Waals surface area contributed by atoms with Crippen molar-refractivity contribution in [2.75, 3.05) is 132 Å². The second-order valence-electron chi connectivity index (χ2n) is 28.3. The van der Waals surface area contributed by atoms with Gasteiger partial charge in [-0.05, 0) is 166 Å². The number of hydrogen-bond donors (Lipinski definition) is 1. The molecule has 13 rings (SSSR count). The predicted molar refractivity (Wildman–Crippen MR) is 405 cm³/mol. The third kappa shape index (κ3) is 19.7. The highest BCUT2D eigenvalue weighted by molar-refractivity contribution is 9.10. The van der Waals surface area contributed by atoms with Crippen molar-refractivity contribution in [1.82, 2.24) is 39.1 Å². The van der Waals surface area contributed by atoms with E-state index in [4.69, 9.17) is 49.9 Å². The molecule has 5 aliphatic heterocycles. The number of carboxylic acids is 1. The highest BCUT2D eigenvalue weighted by atomic mass is 79.9.